The third-order valence-corrected chi connectivity index (χ3v) is 3.11. The average Bonchev–Trinajstić information content (AvgIpc) is 2.31. The van der Waals surface area contributed by atoms with E-state index >= 15 is 0 Å². The molecule has 0 saturated carbocycles. The van der Waals surface area contributed by atoms with E-state index in [0.29, 0.717) is 6.42 Å². The molecular weight excluding hydrogens is 242 g/mol. The molecule has 0 saturated heterocycles. The van der Waals surface area contributed by atoms with Crippen molar-refractivity contribution in [2.45, 2.75) is 39.7 Å². The van der Waals surface area contributed by atoms with Gasteiger partial charge in [0.15, 0.2) is 0 Å². The number of carbonyl (C=O) groups is 2. The fraction of sp³-hybridized carbons (Fsp3) is 0.467. The lowest BCUT2D eigenvalue weighted by molar-refractivity contribution is -0.139. The molecule has 104 valence electrons. The van der Waals surface area contributed by atoms with E-state index in [-0.39, 0.29) is 24.9 Å². The summed E-state index contributed by atoms with van der Waals surface area (Å²) in [4.78, 5) is 24.5. The summed E-state index contributed by atoms with van der Waals surface area (Å²) in [5, 5.41) is 8.72. The summed E-state index contributed by atoms with van der Waals surface area (Å²) in [7, 11) is 0. The van der Waals surface area contributed by atoms with Crippen LogP contribution in [0.2, 0.25) is 0 Å². The topological polar surface area (TPSA) is 57.6 Å². The number of benzene rings is 1. The Morgan fingerprint density at radius 1 is 1.26 bits per heavy atom. The first-order chi connectivity index (χ1) is 8.91. The van der Waals surface area contributed by atoms with Crippen molar-refractivity contribution in [1.29, 1.82) is 0 Å². The molecule has 0 aliphatic carbocycles. The van der Waals surface area contributed by atoms with Gasteiger partial charge in [0.1, 0.15) is 0 Å². The predicted molar refractivity (Wildman–Crippen MR) is 74.0 cm³/mol. The van der Waals surface area contributed by atoms with Crippen molar-refractivity contribution in [3.05, 3.63) is 35.4 Å². The predicted octanol–water partition coefficient (Wildman–Crippen LogP) is 2.25. The molecular formula is C15H21NO3. The van der Waals surface area contributed by atoms with E-state index in [2.05, 4.69) is 0 Å². The number of hydrogen-bond donors (Lipinski definition) is 1. The molecule has 19 heavy (non-hydrogen) atoms. The van der Waals surface area contributed by atoms with Crippen molar-refractivity contribution in [3.63, 3.8) is 0 Å². The second-order valence-corrected chi connectivity index (χ2v) is 4.93. The Morgan fingerprint density at radius 2 is 1.89 bits per heavy atom. The van der Waals surface area contributed by atoms with Crippen molar-refractivity contribution in [2.24, 2.45) is 0 Å². The number of rotatable bonds is 6. The Kier molecular flexibility index (Phi) is 5.55. The fourth-order valence-electron chi connectivity index (χ4n) is 1.96. The largest absolute Gasteiger partial charge is 0.481 e. The van der Waals surface area contributed by atoms with Gasteiger partial charge in [-0.05, 0) is 31.9 Å². The summed E-state index contributed by atoms with van der Waals surface area (Å²) in [5.74, 6) is -0.903. The van der Waals surface area contributed by atoms with Crippen LogP contribution in [0, 0.1) is 6.92 Å². The molecule has 4 nitrogen and oxygen atoms in total. The summed E-state index contributed by atoms with van der Waals surface area (Å²) in [6.07, 6.45) is 0.308. The first-order valence-corrected chi connectivity index (χ1v) is 6.47. The SMILES string of the molecule is Cc1ccccc1CC(=O)N(CCC(=O)O)C(C)C. The lowest BCUT2D eigenvalue weighted by Gasteiger charge is -2.26. The number of aliphatic carboxylic acids is 1. The van der Waals surface area contributed by atoms with Gasteiger partial charge in [-0.25, -0.2) is 0 Å². The van der Waals surface area contributed by atoms with Gasteiger partial charge in [0.05, 0.1) is 12.8 Å². The highest BCUT2D eigenvalue weighted by Gasteiger charge is 2.18. The molecule has 0 atom stereocenters. The number of hydrogen-bond acceptors (Lipinski definition) is 2. The van der Waals surface area contributed by atoms with Gasteiger partial charge in [-0.2, -0.15) is 0 Å². The van der Waals surface area contributed by atoms with Crippen molar-refractivity contribution in [3.8, 4) is 0 Å². The van der Waals surface area contributed by atoms with Crippen molar-refractivity contribution >= 4 is 11.9 Å². The van der Waals surface area contributed by atoms with E-state index in [1.807, 2.05) is 45.0 Å². The van der Waals surface area contributed by atoms with Crippen LogP contribution < -0.4 is 0 Å². The molecule has 1 rings (SSSR count). The monoisotopic (exact) mass is 263 g/mol. The van der Waals surface area contributed by atoms with Crippen molar-refractivity contribution in [2.75, 3.05) is 6.54 Å². The van der Waals surface area contributed by atoms with E-state index in [1.54, 1.807) is 4.90 Å². The number of carboxylic acids is 1. The minimum atomic E-state index is -0.880. The number of amides is 1. The Bertz CT molecular complexity index is 454. The second-order valence-electron chi connectivity index (χ2n) is 4.93. The van der Waals surface area contributed by atoms with Gasteiger partial charge in [0, 0.05) is 12.6 Å². The van der Waals surface area contributed by atoms with Crippen LogP contribution in [0.1, 0.15) is 31.4 Å². The molecule has 1 aromatic rings. The van der Waals surface area contributed by atoms with Gasteiger partial charge in [-0.3, -0.25) is 9.59 Å². The van der Waals surface area contributed by atoms with Gasteiger partial charge in [-0.15, -0.1) is 0 Å². The maximum absolute atomic E-state index is 12.3. The van der Waals surface area contributed by atoms with E-state index in [0.717, 1.165) is 11.1 Å². The van der Waals surface area contributed by atoms with Crippen LogP contribution in [0.15, 0.2) is 24.3 Å². The lowest BCUT2D eigenvalue weighted by atomic mass is 10.0. The van der Waals surface area contributed by atoms with Gasteiger partial charge >= 0.3 is 5.97 Å². The Morgan fingerprint density at radius 3 is 2.42 bits per heavy atom. The van der Waals surface area contributed by atoms with E-state index < -0.39 is 5.97 Å². The smallest absolute Gasteiger partial charge is 0.305 e. The summed E-state index contributed by atoms with van der Waals surface area (Å²) >= 11 is 0. The third-order valence-electron chi connectivity index (χ3n) is 3.11. The normalized spacial score (nSPS) is 10.5. The zero-order valence-electron chi connectivity index (χ0n) is 11.7. The van der Waals surface area contributed by atoms with Crippen LogP contribution in [0.4, 0.5) is 0 Å². The minimum absolute atomic E-state index is 0.0101. The molecule has 0 aliphatic heterocycles. The molecule has 0 spiro atoms. The maximum Gasteiger partial charge on any atom is 0.305 e. The number of nitrogens with zero attached hydrogens (tertiary/aromatic N) is 1. The molecule has 1 aromatic carbocycles. The van der Waals surface area contributed by atoms with Crippen LogP contribution in [0.25, 0.3) is 0 Å². The van der Waals surface area contributed by atoms with Crippen LogP contribution in [-0.2, 0) is 16.0 Å². The highest BCUT2D eigenvalue weighted by Crippen LogP contribution is 2.11. The standard InChI is InChI=1S/C15H21NO3/c1-11(2)16(9-8-15(18)19)14(17)10-13-7-5-4-6-12(13)3/h4-7,11H,8-10H2,1-3H3,(H,18,19). The Labute approximate surface area is 114 Å². The summed E-state index contributed by atoms with van der Waals surface area (Å²) in [5.41, 5.74) is 2.08. The zero-order valence-corrected chi connectivity index (χ0v) is 11.7. The van der Waals surface area contributed by atoms with Gasteiger partial charge < -0.3 is 10.0 Å². The molecule has 0 unspecified atom stereocenters. The fourth-order valence-corrected chi connectivity index (χ4v) is 1.96. The molecule has 0 bridgehead atoms. The number of aryl methyl sites for hydroxylation is 1. The number of carboxylic acid groups (broad SMARTS) is 1. The van der Waals surface area contributed by atoms with E-state index in [9.17, 15) is 9.59 Å². The van der Waals surface area contributed by atoms with Gasteiger partial charge in [0.2, 0.25) is 5.91 Å². The van der Waals surface area contributed by atoms with Crippen LogP contribution in [0.5, 0.6) is 0 Å². The molecule has 0 aromatic heterocycles. The van der Waals surface area contributed by atoms with Crippen molar-refractivity contribution < 1.29 is 14.7 Å². The quantitative estimate of drug-likeness (QED) is 0.856. The lowest BCUT2D eigenvalue weighted by Crippen LogP contribution is -2.39. The highest BCUT2D eigenvalue weighted by molar-refractivity contribution is 5.80. The Balaban J connectivity index is 2.72. The van der Waals surface area contributed by atoms with E-state index in [1.165, 1.54) is 0 Å². The molecule has 0 radical (unpaired) electrons. The Hall–Kier alpha value is -1.84. The van der Waals surface area contributed by atoms with Gasteiger partial charge in [-0.1, -0.05) is 24.3 Å². The molecule has 1 amide bonds. The molecule has 0 heterocycles. The second kappa shape index (κ2) is 6.92. The molecule has 0 fully saturated rings. The summed E-state index contributed by atoms with van der Waals surface area (Å²) < 4.78 is 0. The third kappa shape index (κ3) is 4.73. The summed E-state index contributed by atoms with van der Waals surface area (Å²) in [6.45, 7) is 6.03. The molecule has 0 aliphatic rings. The molecule has 1 N–H and O–H groups in total. The van der Waals surface area contributed by atoms with Crippen molar-refractivity contribution in [1.82, 2.24) is 4.90 Å². The van der Waals surface area contributed by atoms with Crippen LogP contribution in [0.3, 0.4) is 0 Å². The van der Waals surface area contributed by atoms with Crippen LogP contribution in [-0.4, -0.2) is 34.5 Å². The van der Waals surface area contributed by atoms with Crippen LogP contribution >= 0.6 is 0 Å². The minimum Gasteiger partial charge on any atom is -0.481 e. The molecule has 4 heteroatoms. The number of carbonyl (C=O) groups excluding carboxylic acids is 1. The van der Waals surface area contributed by atoms with Gasteiger partial charge in [0.25, 0.3) is 0 Å². The average molecular weight is 263 g/mol. The van der Waals surface area contributed by atoms with E-state index in [4.69, 9.17) is 5.11 Å². The highest BCUT2D eigenvalue weighted by atomic mass is 16.4. The zero-order chi connectivity index (χ0) is 14.4. The first kappa shape index (κ1) is 15.2. The first-order valence-electron chi connectivity index (χ1n) is 6.47. The summed E-state index contributed by atoms with van der Waals surface area (Å²) in [6, 6.07) is 7.76. The maximum atomic E-state index is 12.3.